The first kappa shape index (κ1) is 17.1. The van der Waals surface area contributed by atoms with E-state index >= 15 is 0 Å². The average molecular weight is 319 g/mol. The van der Waals surface area contributed by atoms with Gasteiger partial charge < -0.3 is 20.3 Å². The van der Waals surface area contributed by atoms with E-state index in [0.29, 0.717) is 32.4 Å². The fraction of sp³-hybridized carbons (Fsp3) is 0.529. The van der Waals surface area contributed by atoms with Crippen molar-refractivity contribution in [1.29, 1.82) is 0 Å². The van der Waals surface area contributed by atoms with Crippen molar-refractivity contribution < 1.29 is 14.3 Å². The van der Waals surface area contributed by atoms with Gasteiger partial charge in [-0.1, -0.05) is 13.0 Å². The number of hydrogen-bond donors (Lipinski definition) is 2. The SMILES string of the molecule is CCC(=O)N1CCC(Nc2cccc(OC)c2)(C(=O)NC)CC1. The van der Waals surface area contributed by atoms with Gasteiger partial charge in [-0.3, -0.25) is 9.59 Å². The number of methoxy groups -OCH3 is 1. The number of likely N-dealkylation sites (tertiary alicyclic amines) is 1. The third-order valence-electron chi connectivity index (χ3n) is 4.39. The lowest BCUT2D eigenvalue weighted by Gasteiger charge is -2.41. The highest BCUT2D eigenvalue weighted by atomic mass is 16.5. The summed E-state index contributed by atoms with van der Waals surface area (Å²) in [6.45, 7) is 3.02. The second kappa shape index (κ2) is 7.35. The molecule has 6 heteroatoms. The topological polar surface area (TPSA) is 70.7 Å². The van der Waals surface area contributed by atoms with Crippen molar-refractivity contribution in [1.82, 2.24) is 10.2 Å². The minimum absolute atomic E-state index is 0.0519. The van der Waals surface area contributed by atoms with Gasteiger partial charge in [0.1, 0.15) is 11.3 Å². The quantitative estimate of drug-likeness (QED) is 0.865. The van der Waals surface area contributed by atoms with Gasteiger partial charge in [-0.05, 0) is 25.0 Å². The number of ether oxygens (including phenoxy) is 1. The zero-order valence-corrected chi connectivity index (χ0v) is 14.0. The zero-order chi connectivity index (χ0) is 16.9. The fourth-order valence-corrected chi connectivity index (χ4v) is 2.99. The number of rotatable bonds is 5. The van der Waals surface area contributed by atoms with Crippen molar-refractivity contribution >= 4 is 17.5 Å². The number of nitrogens with zero attached hydrogens (tertiary/aromatic N) is 1. The van der Waals surface area contributed by atoms with Gasteiger partial charge in [-0.2, -0.15) is 0 Å². The molecule has 0 spiro atoms. The third kappa shape index (κ3) is 3.75. The Hall–Kier alpha value is -2.24. The maximum absolute atomic E-state index is 12.5. The van der Waals surface area contributed by atoms with Crippen LogP contribution in [0.3, 0.4) is 0 Å². The van der Waals surface area contributed by atoms with Crippen molar-refractivity contribution in [3.8, 4) is 5.75 Å². The molecule has 1 aliphatic rings. The number of piperidine rings is 1. The van der Waals surface area contributed by atoms with Gasteiger partial charge in [0.2, 0.25) is 11.8 Å². The smallest absolute Gasteiger partial charge is 0.245 e. The standard InChI is InChI=1S/C17H25N3O3/c1-4-15(21)20-10-8-17(9-11-20,16(22)18-2)19-13-6-5-7-14(12-13)23-3/h5-7,12,19H,4,8-11H2,1-3H3,(H,18,22). The molecule has 0 bridgehead atoms. The van der Waals surface area contributed by atoms with Crippen molar-refractivity contribution in [2.45, 2.75) is 31.7 Å². The third-order valence-corrected chi connectivity index (χ3v) is 4.39. The first-order chi connectivity index (χ1) is 11.0. The molecular formula is C17H25N3O3. The first-order valence-corrected chi connectivity index (χ1v) is 7.97. The van der Waals surface area contributed by atoms with Crippen LogP contribution in [-0.2, 0) is 9.59 Å². The predicted molar refractivity (Wildman–Crippen MR) is 89.5 cm³/mol. The molecule has 126 valence electrons. The van der Waals surface area contributed by atoms with Crippen molar-refractivity contribution in [3.05, 3.63) is 24.3 Å². The monoisotopic (exact) mass is 319 g/mol. The normalized spacial score (nSPS) is 16.6. The molecule has 2 amide bonds. The van der Waals surface area contributed by atoms with Crippen molar-refractivity contribution in [3.63, 3.8) is 0 Å². The fourth-order valence-electron chi connectivity index (χ4n) is 2.99. The van der Waals surface area contributed by atoms with E-state index in [1.54, 1.807) is 14.2 Å². The number of likely N-dealkylation sites (N-methyl/N-ethyl adjacent to an activating group) is 1. The molecule has 1 fully saturated rings. The number of nitrogens with one attached hydrogen (secondary N) is 2. The Balaban J connectivity index is 2.17. The summed E-state index contributed by atoms with van der Waals surface area (Å²) >= 11 is 0. The van der Waals surface area contributed by atoms with E-state index in [-0.39, 0.29) is 11.8 Å². The van der Waals surface area contributed by atoms with Gasteiger partial charge in [0.05, 0.1) is 7.11 Å². The van der Waals surface area contributed by atoms with Crippen LogP contribution in [0.5, 0.6) is 5.75 Å². The molecule has 1 aromatic rings. The molecular weight excluding hydrogens is 294 g/mol. The highest BCUT2D eigenvalue weighted by Gasteiger charge is 2.41. The van der Waals surface area contributed by atoms with Crippen molar-refractivity contribution in [2.75, 3.05) is 32.6 Å². The molecule has 0 unspecified atom stereocenters. The van der Waals surface area contributed by atoms with Crippen LogP contribution in [0.15, 0.2) is 24.3 Å². The zero-order valence-electron chi connectivity index (χ0n) is 14.0. The average Bonchev–Trinajstić information content (AvgIpc) is 2.61. The Morgan fingerprint density at radius 1 is 1.30 bits per heavy atom. The Morgan fingerprint density at radius 2 is 2.00 bits per heavy atom. The van der Waals surface area contributed by atoms with Crippen molar-refractivity contribution in [2.24, 2.45) is 0 Å². The predicted octanol–water partition coefficient (Wildman–Crippen LogP) is 1.62. The lowest BCUT2D eigenvalue weighted by molar-refractivity contribution is -0.135. The van der Waals surface area contributed by atoms with Crippen LogP contribution in [0.4, 0.5) is 5.69 Å². The molecule has 0 radical (unpaired) electrons. The maximum atomic E-state index is 12.5. The van der Waals surface area contributed by atoms with Crippen LogP contribution in [0.1, 0.15) is 26.2 Å². The molecule has 0 atom stereocenters. The molecule has 23 heavy (non-hydrogen) atoms. The van der Waals surface area contributed by atoms with Gasteiger partial charge in [0.15, 0.2) is 0 Å². The Bertz CT molecular complexity index is 566. The van der Waals surface area contributed by atoms with Crippen LogP contribution in [-0.4, -0.2) is 49.5 Å². The molecule has 2 rings (SSSR count). The van der Waals surface area contributed by atoms with Gasteiger partial charge in [0, 0.05) is 38.3 Å². The van der Waals surface area contributed by atoms with E-state index in [1.165, 1.54) is 0 Å². The molecule has 1 heterocycles. The summed E-state index contributed by atoms with van der Waals surface area (Å²) in [4.78, 5) is 26.2. The van der Waals surface area contributed by atoms with Crippen LogP contribution in [0, 0.1) is 0 Å². The Labute approximate surface area is 137 Å². The maximum Gasteiger partial charge on any atom is 0.245 e. The first-order valence-electron chi connectivity index (χ1n) is 7.97. The Morgan fingerprint density at radius 3 is 2.57 bits per heavy atom. The molecule has 0 saturated carbocycles. The van der Waals surface area contributed by atoms with Crippen LogP contribution in [0.2, 0.25) is 0 Å². The van der Waals surface area contributed by atoms with E-state index < -0.39 is 5.54 Å². The molecule has 1 aliphatic heterocycles. The summed E-state index contributed by atoms with van der Waals surface area (Å²) in [5.74, 6) is 0.821. The van der Waals surface area contributed by atoms with E-state index in [4.69, 9.17) is 4.74 Å². The summed E-state index contributed by atoms with van der Waals surface area (Å²) in [5.41, 5.74) is 0.134. The highest BCUT2D eigenvalue weighted by Crippen LogP contribution is 2.29. The van der Waals surface area contributed by atoms with Crippen LogP contribution >= 0.6 is 0 Å². The van der Waals surface area contributed by atoms with Gasteiger partial charge in [0.25, 0.3) is 0 Å². The molecule has 0 aliphatic carbocycles. The summed E-state index contributed by atoms with van der Waals surface area (Å²) in [6.07, 6.45) is 1.65. The summed E-state index contributed by atoms with van der Waals surface area (Å²) in [5, 5.41) is 6.11. The number of hydrogen-bond acceptors (Lipinski definition) is 4. The summed E-state index contributed by atoms with van der Waals surface area (Å²) in [6, 6.07) is 7.53. The lowest BCUT2D eigenvalue weighted by Crippen LogP contribution is -2.58. The van der Waals surface area contributed by atoms with E-state index in [1.807, 2.05) is 36.1 Å². The highest BCUT2D eigenvalue weighted by molar-refractivity contribution is 5.90. The minimum Gasteiger partial charge on any atom is -0.497 e. The number of amides is 2. The minimum atomic E-state index is -0.703. The second-order valence-electron chi connectivity index (χ2n) is 5.75. The number of benzene rings is 1. The number of anilines is 1. The molecule has 1 aromatic carbocycles. The molecule has 6 nitrogen and oxygen atoms in total. The molecule has 1 saturated heterocycles. The van der Waals surface area contributed by atoms with E-state index in [9.17, 15) is 9.59 Å². The van der Waals surface area contributed by atoms with E-state index in [2.05, 4.69) is 10.6 Å². The Kier molecular flexibility index (Phi) is 5.47. The number of carbonyl (C=O) groups is 2. The largest absolute Gasteiger partial charge is 0.497 e. The van der Waals surface area contributed by atoms with Gasteiger partial charge in [-0.25, -0.2) is 0 Å². The lowest BCUT2D eigenvalue weighted by atomic mass is 9.86. The summed E-state index contributed by atoms with van der Waals surface area (Å²) in [7, 11) is 3.25. The molecule has 2 N–H and O–H groups in total. The van der Waals surface area contributed by atoms with Crippen LogP contribution < -0.4 is 15.4 Å². The summed E-state index contributed by atoms with van der Waals surface area (Å²) < 4.78 is 5.23. The van der Waals surface area contributed by atoms with E-state index in [0.717, 1.165) is 11.4 Å². The second-order valence-corrected chi connectivity index (χ2v) is 5.75. The van der Waals surface area contributed by atoms with Crippen LogP contribution in [0.25, 0.3) is 0 Å². The number of carbonyl (C=O) groups excluding carboxylic acids is 2. The van der Waals surface area contributed by atoms with Gasteiger partial charge in [-0.15, -0.1) is 0 Å². The van der Waals surface area contributed by atoms with Gasteiger partial charge >= 0.3 is 0 Å². The molecule has 0 aromatic heterocycles.